The van der Waals surface area contributed by atoms with Crippen LogP contribution in [0.25, 0.3) is 0 Å². The van der Waals surface area contributed by atoms with Crippen LogP contribution in [0.4, 0.5) is 0 Å². The largest absolute Gasteiger partial charge is 0.459 e. The lowest BCUT2D eigenvalue weighted by Crippen LogP contribution is -2.29. The van der Waals surface area contributed by atoms with E-state index >= 15 is 0 Å². The van der Waals surface area contributed by atoms with Crippen LogP contribution < -0.4 is 5.32 Å². The van der Waals surface area contributed by atoms with Gasteiger partial charge >= 0.3 is 5.97 Å². The summed E-state index contributed by atoms with van der Waals surface area (Å²) in [7, 11) is 0. The highest BCUT2D eigenvalue weighted by Crippen LogP contribution is 1.92. The summed E-state index contributed by atoms with van der Waals surface area (Å²) >= 11 is 0. The second-order valence-electron chi connectivity index (χ2n) is 3.14. The molecule has 0 bridgehead atoms. The number of hydrogen-bond acceptors (Lipinski definition) is 4. The predicted octanol–water partition coefficient (Wildman–Crippen LogP) is 0.954. The molecule has 0 saturated carbocycles. The van der Waals surface area contributed by atoms with Crippen molar-refractivity contribution in [3.8, 4) is 0 Å². The Kier molecular flexibility index (Phi) is 8.57. The molecule has 0 aliphatic carbocycles. The third-order valence-electron chi connectivity index (χ3n) is 1.59. The molecule has 0 aromatic heterocycles. The van der Waals surface area contributed by atoms with Crippen molar-refractivity contribution in [1.82, 2.24) is 5.32 Å². The van der Waals surface area contributed by atoms with E-state index in [1.165, 1.54) is 0 Å². The minimum absolute atomic E-state index is 0.161. The molecule has 0 heterocycles. The van der Waals surface area contributed by atoms with Crippen LogP contribution in [0.15, 0.2) is 0 Å². The lowest BCUT2D eigenvalue weighted by atomic mass is 10.4. The van der Waals surface area contributed by atoms with Gasteiger partial charge in [0.05, 0.1) is 13.2 Å². The average molecular weight is 203 g/mol. The zero-order chi connectivity index (χ0) is 10.8. The van der Waals surface area contributed by atoms with Gasteiger partial charge in [-0.05, 0) is 26.8 Å². The number of carbonyl (C=O) groups excluding carboxylic acids is 1. The quantitative estimate of drug-likeness (QED) is 0.471. The van der Waals surface area contributed by atoms with Gasteiger partial charge < -0.3 is 14.8 Å². The standard InChI is InChI=1S/C10H21NO3/c1-4-6-11-7-10(12)14-9(3)8-13-5-2/h9,11H,4-8H2,1-3H3. The average Bonchev–Trinajstić information content (AvgIpc) is 2.15. The Hall–Kier alpha value is -0.610. The molecule has 1 N–H and O–H groups in total. The summed E-state index contributed by atoms with van der Waals surface area (Å²) in [5, 5.41) is 2.98. The number of esters is 1. The number of nitrogens with one attached hydrogen (secondary N) is 1. The van der Waals surface area contributed by atoms with E-state index in [4.69, 9.17) is 9.47 Å². The third-order valence-corrected chi connectivity index (χ3v) is 1.59. The van der Waals surface area contributed by atoms with Crippen LogP contribution in [0.3, 0.4) is 0 Å². The summed E-state index contributed by atoms with van der Waals surface area (Å²) in [6.07, 6.45) is 0.854. The number of rotatable bonds is 8. The molecule has 1 atom stereocenters. The van der Waals surface area contributed by atoms with Crippen LogP contribution >= 0.6 is 0 Å². The van der Waals surface area contributed by atoms with Crippen molar-refractivity contribution in [1.29, 1.82) is 0 Å². The van der Waals surface area contributed by atoms with E-state index in [0.29, 0.717) is 13.2 Å². The molecule has 84 valence electrons. The Bertz CT molecular complexity index is 150. The normalized spacial score (nSPS) is 12.5. The minimum Gasteiger partial charge on any atom is -0.459 e. The van der Waals surface area contributed by atoms with E-state index in [1.54, 1.807) is 0 Å². The SMILES string of the molecule is CCCNCC(=O)OC(C)COCC. The highest BCUT2D eigenvalue weighted by Gasteiger charge is 2.08. The lowest BCUT2D eigenvalue weighted by molar-refractivity contribution is -0.149. The molecule has 14 heavy (non-hydrogen) atoms. The Balaban J connectivity index is 3.40. The lowest BCUT2D eigenvalue weighted by Gasteiger charge is -2.12. The molecule has 0 spiro atoms. The molecule has 0 aliphatic rings. The monoisotopic (exact) mass is 203 g/mol. The van der Waals surface area contributed by atoms with Gasteiger partial charge in [0.25, 0.3) is 0 Å². The van der Waals surface area contributed by atoms with Gasteiger partial charge in [0, 0.05) is 6.61 Å². The van der Waals surface area contributed by atoms with Crippen molar-refractivity contribution in [2.75, 3.05) is 26.3 Å². The number of carbonyl (C=O) groups is 1. The van der Waals surface area contributed by atoms with Crippen molar-refractivity contribution >= 4 is 5.97 Å². The molecule has 0 radical (unpaired) electrons. The summed E-state index contributed by atoms with van der Waals surface area (Å²) in [6, 6.07) is 0. The highest BCUT2D eigenvalue weighted by molar-refractivity contribution is 5.71. The summed E-state index contributed by atoms with van der Waals surface area (Å²) in [5.41, 5.74) is 0. The third kappa shape index (κ3) is 8.01. The molecule has 0 aromatic rings. The Morgan fingerprint density at radius 3 is 2.71 bits per heavy atom. The van der Waals surface area contributed by atoms with Gasteiger partial charge in [-0.25, -0.2) is 0 Å². The van der Waals surface area contributed by atoms with E-state index in [0.717, 1.165) is 13.0 Å². The fourth-order valence-electron chi connectivity index (χ4n) is 0.951. The Morgan fingerprint density at radius 1 is 1.43 bits per heavy atom. The van der Waals surface area contributed by atoms with Gasteiger partial charge in [-0.15, -0.1) is 0 Å². The van der Waals surface area contributed by atoms with E-state index in [2.05, 4.69) is 12.2 Å². The molecular formula is C10H21NO3. The van der Waals surface area contributed by atoms with Gasteiger partial charge in [-0.2, -0.15) is 0 Å². The van der Waals surface area contributed by atoms with Gasteiger partial charge in [0.2, 0.25) is 0 Å². The molecular weight excluding hydrogens is 182 g/mol. The number of hydrogen-bond donors (Lipinski definition) is 1. The second-order valence-corrected chi connectivity index (χ2v) is 3.14. The maximum Gasteiger partial charge on any atom is 0.320 e. The van der Waals surface area contributed by atoms with Crippen LogP contribution in [0.5, 0.6) is 0 Å². The zero-order valence-corrected chi connectivity index (χ0v) is 9.34. The van der Waals surface area contributed by atoms with Crippen LogP contribution in [-0.4, -0.2) is 38.4 Å². The van der Waals surface area contributed by atoms with E-state index in [1.807, 2.05) is 13.8 Å². The second kappa shape index (κ2) is 8.97. The molecule has 0 amide bonds. The minimum atomic E-state index is -0.217. The first kappa shape index (κ1) is 13.4. The van der Waals surface area contributed by atoms with Crippen molar-refractivity contribution in [3.05, 3.63) is 0 Å². The van der Waals surface area contributed by atoms with Crippen LogP contribution in [0, 0.1) is 0 Å². The fourth-order valence-corrected chi connectivity index (χ4v) is 0.951. The van der Waals surface area contributed by atoms with Crippen molar-refractivity contribution in [3.63, 3.8) is 0 Å². The van der Waals surface area contributed by atoms with Crippen molar-refractivity contribution < 1.29 is 14.3 Å². The van der Waals surface area contributed by atoms with E-state index in [9.17, 15) is 4.79 Å². The summed E-state index contributed by atoms with van der Waals surface area (Å²) in [4.78, 5) is 11.2. The molecule has 0 saturated heterocycles. The van der Waals surface area contributed by atoms with Gasteiger partial charge in [0.1, 0.15) is 6.10 Å². The first-order valence-electron chi connectivity index (χ1n) is 5.18. The first-order chi connectivity index (χ1) is 6.70. The van der Waals surface area contributed by atoms with Crippen LogP contribution in [-0.2, 0) is 14.3 Å². The molecule has 0 aliphatic heterocycles. The highest BCUT2D eigenvalue weighted by atomic mass is 16.6. The molecule has 4 nitrogen and oxygen atoms in total. The molecule has 0 aromatic carbocycles. The maximum absolute atomic E-state index is 11.2. The summed E-state index contributed by atoms with van der Waals surface area (Å²) in [5.74, 6) is -0.217. The summed E-state index contributed by atoms with van der Waals surface area (Å²) < 4.78 is 10.2. The van der Waals surface area contributed by atoms with Crippen LogP contribution in [0.1, 0.15) is 27.2 Å². The van der Waals surface area contributed by atoms with Crippen molar-refractivity contribution in [2.45, 2.75) is 33.3 Å². The smallest absolute Gasteiger partial charge is 0.320 e. The van der Waals surface area contributed by atoms with Gasteiger partial charge in [-0.1, -0.05) is 6.92 Å². The summed E-state index contributed by atoms with van der Waals surface area (Å²) in [6.45, 7) is 8.03. The zero-order valence-electron chi connectivity index (χ0n) is 9.34. The first-order valence-corrected chi connectivity index (χ1v) is 5.18. The number of ether oxygens (including phenoxy) is 2. The predicted molar refractivity (Wildman–Crippen MR) is 55.2 cm³/mol. The molecule has 0 rings (SSSR count). The van der Waals surface area contributed by atoms with Gasteiger partial charge in [0.15, 0.2) is 0 Å². The molecule has 0 fully saturated rings. The Morgan fingerprint density at radius 2 is 2.14 bits per heavy atom. The Labute approximate surface area is 86.0 Å². The van der Waals surface area contributed by atoms with E-state index < -0.39 is 0 Å². The maximum atomic E-state index is 11.2. The molecule has 4 heteroatoms. The fraction of sp³-hybridized carbons (Fsp3) is 0.900. The van der Waals surface area contributed by atoms with Gasteiger partial charge in [-0.3, -0.25) is 4.79 Å². The molecule has 1 unspecified atom stereocenters. The van der Waals surface area contributed by atoms with Crippen LogP contribution in [0.2, 0.25) is 0 Å². The topological polar surface area (TPSA) is 47.6 Å². The van der Waals surface area contributed by atoms with E-state index in [-0.39, 0.29) is 18.6 Å². The van der Waals surface area contributed by atoms with Crippen molar-refractivity contribution in [2.24, 2.45) is 0 Å².